The van der Waals surface area contributed by atoms with Crippen LogP contribution in [0.4, 0.5) is 0 Å². The van der Waals surface area contributed by atoms with Crippen molar-refractivity contribution in [2.45, 2.75) is 58.2 Å². The molecule has 2 aromatic rings. The third-order valence-electron chi connectivity index (χ3n) is 5.41. The highest BCUT2D eigenvalue weighted by atomic mass is 16.5. The maximum absolute atomic E-state index is 12.5. The summed E-state index contributed by atoms with van der Waals surface area (Å²) in [5, 5.41) is 0. The number of rotatable bonds is 3. The van der Waals surface area contributed by atoms with Gasteiger partial charge in [-0.25, -0.2) is 4.79 Å². The molecule has 6 heteroatoms. The molecular formula is C22H31N3O3. The standard InChI is InChI=1S/C22H31N3O3/c1-28-20-10-8-9-19(17-20)18-23-12-4-2-6-14-24-16-11-21(26)25(22(24)27)15-7-3-5-13-23/h8-11,16-17H,2-7,12-15,18H2,1H3. The lowest BCUT2D eigenvalue weighted by Gasteiger charge is -2.23. The van der Waals surface area contributed by atoms with Crippen LogP contribution in [0.3, 0.4) is 0 Å². The van der Waals surface area contributed by atoms with Crippen molar-refractivity contribution in [1.82, 2.24) is 14.0 Å². The monoisotopic (exact) mass is 385 g/mol. The Balaban J connectivity index is 1.64. The predicted octanol–water partition coefficient (Wildman–Crippen LogP) is 2.88. The predicted molar refractivity (Wildman–Crippen MR) is 111 cm³/mol. The zero-order valence-electron chi connectivity index (χ0n) is 16.8. The van der Waals surface area contributed by atoms with Gasteiger partial charge in [-0.05, 0) is 56.5 Å². The summed E-state index contributed by atoms with van der Waals surface area (Å²) in [6.07, 6.45) is 7.70. The largest absolute Gasteiger partial charge is 0.497 e. The number of benzene rings is 1. The second-order valence-corrected chi connectivity index (χ2v) is 7.53. The molecule has 6 nitrogen and oxygen atoms in total. The molecule has 0 amide bonds. The molecule has 0 radical (unpaired) electrons. The maximum Gasteiger partial charge on any atom is 0.330 e. The molecule has 0 aliphatic carbocycles. The number of nitrogens with zero attached hydrogens (tertiary/aromatic N) is 3. The van der Waals surface area contributed by atoms with Crippen LogP contribution >= 0.6 is 0 Å². The molecule has 1 aliphatic heterocycles. The summed E-state index contributed by atoms with van der Waals surface area (Å²) in [4.78, 5) is 27.0. The fourth-order valence-corrected chi connectivity index (χ4v) is 3.81. The fourth-order valence-electron chi connectivity index (χ4n) is 3.81. The van der Waals surface area contributed by atoms with E-state index in [2.05, 4.69) is 17.0 Å². The molecule has 2 bridgehead atoms. The average Bonchev–Trinajstić information content (AvgIpc) is 2.70. The number of fused-ring (bicyclic) bond motifs is 2. The van der Waals surface area contributed by atoms with E-state index < -0.39 is 0 Å². The number of methoxy groups -OCH3 is 1. The number of hydrogen-bond acceptors (Lipinski definition) is 4. The van der Waals surface area contributed by atoms with Crippen LogP contribution in [-0.2, 0) is 19.6 Å². The second-order valence-electron chi connectivity index (χ2n) is 7.53. The first kappa shape index (κ1) is 20.4. The maximum atomic E-state index is 12.5. The van der Waals surface area contributed by atoms with Crippen LogP contribution in [0, 0.1) is 0 Å². The Morgan fingerprint density at radius 1 is 0.893 bits per heavy atom. The molecule has 1 aromatic carbocycles. The molecule has 1 aromatic heterocycles. The third kappa shape index (κ3) is 5.58. The molecule has 0 spiro atoms. The van der Waals surface area contributed by atoms with E-state index in [9.17, 15) is 9.59 Å². The number of hydrogen-bond donors (Lipinski definition) is 0. The van der Waals surface area contributed by atoms with Gasteiger partial charge in [0, 0.05) is 31.9 Å². The Morgan fingerprint density at radius 3 is 2.36 bits per heavy atom. The van der Waals surface area contributed by atoms with Crippen molar-refractivity contribution in [3.05, 3.63) is 62.9 Å². The normalized spacial score (nSPS) is 17.0. The first-order chi connectivity index (χ1) is 13.7. The third-order valence-corrected chi connectivity index (χ3v) is 5.41. The van der Waals surface area contributed by atoms with Crippen LogP contribution in [0.5, 0.6) is 5.75 Å². The molecule has 3 rings (SSSR count). The van der Waals surface area contributed by atoms with E-state index in [1.807, 2.05) is 12.1 Å². The van der Waals surface area contributed by atoms with Crippen LogP contribution in [0.25, 0.3) is 0 Å². The Morgan fingerprint density at radius 2 is 1.61 bits per heavy atom. The van der Waals surface area contributed by atoms with Crippen LogP contribution in [0.15, 0.2) is 46.1 Å². The quantitative estimate of drug-likeness (QED) is 0.815. The molecule has 0 fully saturated rings. The van der Waals surface area contributed by atoms with Crippen molar-refractivity contribution in [1.29, 1.82) is 0 Å². The van der Waals surface area contributed by atoms with Crippen molar-refractivity contribution in [3.8, 4) is 5.75 Å². The highest BCUT2D eigenvalue weighted by molar-refractivity contribution is 5.28. The SMILES string of the molecule is COc1cccc(CN2CCCCCn3ccc(=O)n(c3=O)CCCCC2)c1. The lowest BCUT2D eigenvalue weighted by atomic mass is 10.1. The Hall–Kier alpha value is -2.34. The molecule has 0 atom stereocenters. The van der Waals surface area contributed by atoms with Crippen molar-refractivity contribution in [2.24, 2.45) is 0 Å². The molecule has 152 valence electrons. The topological polar surface area (TPSA) is 56.5 Å². The lowest BCUT2D eigenvalue weighted by Crippen LogP contribution is -2.39. The summed E-state index contributed by atoms with van der Waals surface area (Å²) in [7, 11) is 1.70. The van der Waals surface area contributed by atoms with Gasteiger partial charge in [-0.15, -0.1) is 0 Å². The van der Waals surface area contributed by atoms with E-state index >= 15 is 0 Å². The van der Waals surface area contributed by atoms with Crippen molar-refractivity contribution in [3.63, 3.8) is 0 Å². The summed E-state index contributed by atoms with van der Waals surface area (Å²) in [6, 6.07) is 9.80. The minimum Gasteiger partial charge on any atom is -0.497 e. The molecule has 1 aliphatic rings. The van der Waals surface area contributed by atoms with E-state index in [4.69, 9.17) is 4.74 Å². The molecule has 0 unspecified atom stereocenters. The van der Waals surface area contributed by atoms with Gasteiger partial charge in [0.1, 0.15) is 5.75 Å². The lowest BCUT2D eigenvalue weighted by molar-refractivity contribution is 0.250. The molecule has 0 N–H and O–H groups in total. The van der Waals surface area contributed by atoms with Gasteiger partial charge in [-0.1, -0.05) is 25.0 Å². The van der Waals surface area contributed by atoms with Gasteiger partial charge in [-0.2, -0.15) is 0 Å². The van der Waals surface area contributed by atoms with E-state index in [-0.39, 0.29) is 11.2 Å². The van der Waals surface area contributed by atoms with E-state index in [1.54, 1.807) is 17.9 Å². The first-order valence-corrected chi connectivity index (χ1v) is 10.3. The molecular weight excluding hydrogens is 354 g/mol. The summed E-state index contributed by atoms with van der Waals surface area (Å²) in [5.41, 5.74) is 0.922. The average molecular weight is 386 g/mol. The Kier molecular flexibility index (Phi) is 7.48. The first-order valence-electron chi connectivity index (χ1n) is 10.3. The Labute approximate surface area is 166 Å². The smallest absolute Gasteiger partial charge is 0.330 e. The van der Waals surface area contributed by atoms with E-state index in [0.29, 0.717) is 13.1 Å². The minimum atomic E-state index is -0.187. The molecule has 0 saturated heterocycles. The van der Waals surface area contributed by atoms with Crippen LogP contribution in [0.1, 0.15) is 44.1 Å². The van der Waals surface area contributed by atoms with Crippen molar-refractivity contribution < 1.29 is 4.74 Å². The molecule has 0 saturated carbocycles. The van der Waals surface area contributed by atoms with E-state index in [1.165, 1.54) is 16.2 Å². The number of aromatic nitrogens is 2. The van der Waals surface area contributed by atoms with Gasteiger partial charge in [0.25, 0.3) is 5.56 Å². The van der Waals surface area contributed by atoms with Crippen LogP contribution in [0.2, 0.25) is 0 Å². The summed E-state index contributed by atoms with van der Waals surface area (Å²) in [6.45, 7) is 4.20. The number of ether oxygens (including phenoxy) is 1. The van der Waals surface area contributed by atoms with Gasteiger partial charge in [-0.3, -0.25) is 14.3 Å². The van der Waals surface area contributed by atoms with E-state index in [0.717, 1.165) is 63.9 Å². The van der Waals surface area contributed by atoms with Gasteiger partial charge >= 0.3 is 5.69 Å². The van der Waals surface area contributed by atoms with Crippen molar-refractivity contribution in [2.75, 3.05) is 20.2 Å². The number of aryl methyl sites for hydroxylation is 1. The summed E-state index contributed by atoms with van der Waals surface area (Å²) in [5.74, 6) is 0.900. The van der Waals surface area contributed by atoms with Crippen LogP contribution < -0.4 is 16.0 Å². The highest BCUT2D eigenvalue weighted by Gasteiger charge is 2.10. The molecule has 28 heavy (non-hydrogen) atoms. The highest BCUT2D eigenvalue weighted by Crippen LogP contribution is 2.15. The van der Waals surface area contributed by atoms with Gasteiger partial charge in [0.2, 0.25) is 0 Å². The van der Waals surface area contributed by atoms with Gasteiger partial charge in [0.15, 0.2) is 0 Å². The van der Waals surface area contributed by atoms with Crippen LogP contribution in [-0.4, -0.2) is 34.2 Å². The zero-order valence-corrected chi connectivity index (χ0v) is 16.8. The van der Waals surface area contributed by atoms with Gasteiger partial charge < -0.3 is 9.30 Å². The summed E-state index contributed by atoms with van der Waals surface area (Å²) >= 11 is 0. The summed E-state index contributed by atoms with van der Waals surface area (Å²) < 4.78 is 8.42. The van der Waals surface area contributed by atoms with Crippen molar-refractivity contribution >= 4 is 0 Å². The molecule has 2 heterocycles. The second kappa shape index (κ2) is 10.3. The zero-order chi connectivity index (χ0) is 19.8. The van der Waals surface area contributed by atoms with Gasteiger partial charge in [0.05, 0.1) is 7.11 Å². The Bertz CT molecular complexity index is 872. The minimum absolute atomic E-state index is 0.163. The fraction of sp³-hybridized carbons (Fsp3) is 0.545.